The average molecular weight is 250 g/mol. The highest BCUT2D eigenvalue weighted by Crippen LogP contribution is 2.17. The smallest absolute Gasteiger partial charge is 0.123 e. The molecule has 2 nitrogen and oxygen atoms in total. The first-order chi connectivity index (χ1) is 8.56. The fourth-order valence-electron chi connectivity index (χ4n) is 2.73. The number of benzene rings is 1. The number of hydrogen-bond donors (Lipinski definition) is 1. The number of nitrogens with one attached hydrogen (secondary N) is 1. The predicted molar refractivity (Wildman–Crippen MR) is 73.0 cm³/mol. The van der Waals surface area contributed by atoms with Crippen LogP contribution < -0.4 is 5.32 Å². The van der Waals surface area contributed by atoms with Crippen molar-refractivity contribution in [3.8, 4) is 0 Å². The Morgan fingerprint density at radius 1 is 1.44 bits per heavy atom. The van der Waals surface area contributed by atoms with Gasteiger partial charge in [-0.1, -0.05) is 13.0 Å². The van der Waals surface area contributed by atoms with Gasteiger partial charge in [-0.3, -0.25) is 0 Å². The Hall–Kier alpha value is -0.930. The van der Waals surface area contributed by atoms with Gasteiger partial charge in [-0.15, -0.1) is 0 Å². The second-order valence-corrected chi connectivity index (χ2v) is 5.59. The van der Waals surface area contributed by atoms with Crippen molar-refractivity contribution in [2.24, 2.45) is 5.92 Å². The van der Waals surface area contributed by atoms with Crippen LogP contribution in [0.5, 0.6) is 0 Å². The van der Waals surface area contributed by atoms with Gasteiger partial charge in [-0.2, -0.15) is 0 Å². The molecule has 0 radical (unpaired) electrons. The van der Waals surface area contributed by atoms with Crippen LogP contribution in [0.25, 0.3) is 0 Å². The zero-order chi connectivity index (χ0) is 13.1. The molecule has 0 bridgehead atoms. The third-order valence-corrected chi connectivity index (χ3v) is 3.97. The van der Waals surface area contributed by atoms with Crippen molar-refractivity contribution in [1.82, 2.24) is 10.2 Å². The molecule has 0 saturated carbocycles. The highest BCUT2D eigenvalue weighted by molar-refractivity contribution is 5.26. The molecule has 3 heteroatoms. The summed E-state index contributed by atoms with van der Waals surface area (Å²) < 4.78 is 13.2. The maximum Gasteiger partial charge on any atom is 0.123 e. The van der Waals surface area contributed by atoms with Crippen molar-refractivity contribution >= 4 is 0 Å². The standard InChI is InChI=1S/C15H23FN2/c1-11-4-5-14(16)8-13(11)9-17-15-6-7-18(3)10-12(15)2/h4-5,8,12,15,17H,6-7,9-10H2,1-3H3. The summed E-state index contributed by atoms with van der Waals surface area (Å²) in [6, 6.07) is 5.56. The highest BCUT2D eigenvalue weighted by Gasteiger charge is 2.23. The Morgan fingerprint density at radius 2 is 2.22 bits per heavy atom. The normalized spacial score (nSPS) is 25.3. The van der Waals surface area contributed by atoms with E-state index in [0.717, 1.165) is 30.8 Å². The van der Waals surface area contributed by atoms with Gasteiger partial charge in [-0.05, 0) is 56.1 Å². The first-order valence-electron chi connectivity index (χ1n) is 6.73. The van der Waals surface area contributed by atoms with E-state index in [-0.39, 0.29) is 5.82 Å². The summed E-state index contributed by atoms with van der Waals surface area (Å²) in [5.41, 5.74) is 2.23. The summed E-state index contributed by atoms with van der Waals surface area (Å²) in [6.45, 7) is 7.37. The van der Waals surface area contributed by atoms with Crippen LogP contribution in [0.15, 0.2) is 18.2 Å². The molecule has 0 aliphatic carbocycles. The number of nitrogens with zero attached hydrogens (tertiary/aromatic N) is 1. The fourth-order valence-corrected chi connectivity index (χ4v) is 2.73. The van der Waals surface area contributed by atoms with E-state index >= 15 is 0 Å². The second kappa shape index (κ2) is 5.81. The molecule has 100 valence electrons. The molecule has 0 amide bonds. The Balaban J connectivity index is 1.93. The van der Waals surface area contributed by atoms with Gasteiger partial charge >= 0.3 is 0 Å². The van der Waals surface area contributed by atoms with Gasteiger partial charge in [0.25, 0.3) is 0 Å². The molecule has 2 unspecified atom stereocenters. The quantitative estimate of drug-likeness (QED) is 0.887. The van der Waals surface area contributed by atoms with E-state index in [1.807, 2.05) is 13.0 Å². The molecule has 0 aromatic heterocycles. The fraction of sp³-hybridized carbons (Fsp3) is 0.600. The largest absolute Gasteiger partial charge is 0.310 e. The summed E-state index contributed by atoms with van der Waals surface area (Å²) in [6.07, 6.45) is 1.17. The van der Waals surface area contributed by atoms with Crippen LogP contribution in [0.4, 0.5) is 4.39 Å². The Morgan fingerprint density at radius 3 is 2.94 bits per heavy atom. The molecular weight excluding hydrogens is 227 g/mol. The lowest BCUT2D eigenvalue weighted by Crippen LogP contribution is -2.46. The van der Waals surface area contributed by atoms with Crippen LogP contribution in [0, 0.1) is 18.7 Å². The Bertz CT molecular complexity index is 405. The predicted octanol–water partition coefficient (Wildman–Crippen LogP) is 2.56. The topological polar surface area (TPSA) is 15.3 Å². The van der Waals surface area contributed by atoms with Crippen molar-refractivity contribution in [2.45, 2.75) is 32.9 Å². The van der Waals surface area contributed by atoms with Crippen LogP contribution >= 0.6 is 0 Å². The molecule has 0 spiro atoms. The molecule has 1 aromatic carbocycles. The third kappa shape index (κ3) is 3.30. The van der Waals surface area contributed by atoms with Crippen molar-refractivity contribution in [2.75, 3.05) is 20.1 Å². The van der Waals surface area contributed by atoms with Crippen LogP contribution in [-0.4, -0.2) is 31.1 Å². The van der Waals surface area contributed by atoms with Gasteiger partial charge in [0.2, 0.25) is 0 Å². The second-order valence-electron chi connectivity index (χ2n) is 5.59. The molecule has 1 aromatic rings. The van der Waals surface area contributed by atoms with Crippen LogP contribution in [0.2, 0.25) is 0 Å². The third-order valence-electron chi connectivity index (χ3n) is 3.97. The summed E-state index contributed by atoms with van der Waals surface area (Å²) in [5, 5.41) is 3.58. The van der Waals surface area contributed by atoms with Gasteiger partial charge in [0.1, 0.15) is 5.82 Å². The van der Waals surface area contributed by atoms with Crippen molar-refractivity contribution < 1.29 is 4.39 Å². The minimum Gasteiger partial charge on any atom is -0.310 e. The zero-order valence-corrected chi connectivity index (χ0v) is 11.5. The van der Waals surface area contributed by atoms with E-state index in [4.69, 9.17) is 0 Å². The summed E-state index contributed by atoms with van der Waals surface area (Å²) >= 11 is 0. The average Bonchev–Trinajstić information content (AvgIpc) is 2.32. The van der Waals surface area contributed by atoms with E-state index in [1.165, 1.54) is 12.5 Å². The molecule has 2 atom stereocenters. The van der Waals surface area contributed by atoms with E-state index in [1.54, 1.807) is 6.07 Å². The molecule has 1 N–H and O–H groups in total. The number of rotatable bonds is 3. The molecule has 18 heavy (non-hydrogen) atoms. The van der Waals surface area contributed by atoms with Gasteiger partial charge in [-0.25, -0.2) is 4.39 Å². The SMILES string of the molecule is Cc1ccc(F)cc1CNC1CCN(C)CC1C. The maximum atomic E-state index is 13.2. The van der Waals surface area contributed by atoms with Crippen molar-refractivity contribution in [3.05, 3.63) is 35.1 Å². The summed E-state index contributed by atoms with van der Waals surface area (Å²) in [7, 11) is 2.17. The van der Waals surface area contributed by atoms with E-state index in [0.29, 0.717) is 12.0 Å². The van der Waals surface area contributed by atoms with Gasteiger partial charge < -0.3 is 10.2 Å². The number of likely N-dealkylation sites (tertiary alicyclic amines) is 1. The van der Waals surface area contributed by atoms with Gasteiger partial charge in [0.05, 0.1) is 0 Å². The number of halogens is 1. The number of hydrogen-bond acceptors (Lipinski definition) is 2. The lowest BCUT2D eigenvalue weighted by atomic mass is 9.94. The van der Waals surface area contributed by atoms with E-state index in [2.05, 4.69) is 24.2 Å². The maximum absolute atomic E-state index is 13.2. The van der Waals surface area contributed by atoms with Crippen LogP contribution in [0.3, 0.4) is 0 Å². The lowest BCUT2D eigenvalue weighted by Gasteiger charge is -2.35. The lowest BCUT2D eigenvalue weighted by molar-refractivity contribution is 0.174. The van der Waals surface area contributed by atoms with Crippen molar-refractivity contribution in [3.63, 3.8) is 0 Å². The van der Waals surface area contributed by atoms with Crippen molar-refractivity contribution in [1.29, 1.82) is 0 Å². The molecule has 1 saturated heterocycles. The Labute approximate surface area is 109 Å². The first-order valence-corrected chi connectivity index (χ1v) is 6.73. The molecule has 2 rings (SSSR count). The molecule has 1 aliphatic heterocycles. The zero-order valence-electron chi connectivity index (χ0n) is 11.5. The number of aryl methyl sites for hydroxylation is 1. The highest BCUT2D eigenvalue weighted by atomic mass is 19.1. The molecule has 1 fully saturated rings. The summed E-state index contributed by atoms with van der Waals surface area (Å²) in [5.74, 6) is 0.506. The first kappa shape index (κ1) is 13.5. The van der Waals surface area contributed by atoms with E-state index in [9.17, 15) is 4.39 Å². The minimum atomic E-state index is -0.145. The van der Waals surface area contributed by atoms with Crippen LogP contribution in [0.1, 0.15) is 24.5 Å². The van der Waals surface area contributed by atoms with E-state index < -0.39 is 0 Å². The summed E-state index contributed by atoms with van der Waals surface area (Å²) in [4.78, 5) is 2.37. The Kier molecular flexibility index (Phi) is 4.36. The molecule has 1 heterocycles. The molecular formula is C15H23FN2. The molecule has 1 aliphatic rings. The van der Waals surface area contributed by atoms with Crippen LogP contribution in [-0.2, 0) is 6.54 Å². The van der Waals surface area contributed by atoms with Gasteiger partial charge in [0, 0.05) is 19.1 Å². The monoisotopic (exact) mass is 250 g/mol. The minimum absolute atomic E-state index is 0.145. The number of piperidine rings is 1. The van der Waals surface area contributed by atoms with Gasteiger partial charge in [0.15, 0.2) is 0 Å².